The first-order valence-electron chi connectivity index (χ1n) is 5.37. The number of nitrogen functional groups attached to an aromatic ring is 1. The molecule has 0 aliphatic rings. The Morgan fingerprint density at radius 2 is 2.00 bits per heavy atom. The molecule has 1 aromatic heterocycles. The number of rotatable bonds is 1. The molecule has 0 saturated carbocycles. The summed E-state index contributed by atoms with van der Waals surface area (Å²) in [4.78, 5) is 0. The number of nitrogens with zero attached hydrogens (tertiary/aromatic N) is 3. The fourth-order valence-corrected chi connectivity index (χ4v) is 1.74. The minimum absolute atomic E-state index is 0.479. The van der Waals surface area contributed by atoms with Crippen LogP contribution in [0.5, 0.6) is 0 Å². The van der Waals surface area contributed by atoms with Crippen molar-refractivity contribution in [2.45, 2.75) is 20.8 Å². The highest BCUT2D eigenvalue weighted by Gasteiger charge is 2.10. The predicted molar refractivity (Wildman–Crippen MR) is 66.9 cm³/mol. The van der Waals surface area contributed by atoms with Gasteiger partial charge < -0.3 is 5.73 Å². The van der Waals surface area contributed by atoms with E-state index >= 15 is 0 Å². The third-order valence-corrected chi connectivity index (χ3v) is 3.06. The van der Waals surface area contributed by atoms with Gasteiger partial charge in [-0.3, -0.25) is 0 Å². The highest BCUT2D eigenvalue weighted by Crippen LogP contribution is 2.20. The van der Waals surface area contributed by atoms with Gasteiger partial charge in [0.25, 0.3) is 0 Å². The van der Waals surface area contributed by atoms with Crippen molar-refractivity contribution in [2.24, 2.45) is 0 Å². The number of aryl methyl sites for hydroxylation is 1. The summed E-state index contributed by atoms with van der Waals surface area (Å²) >= 11 is 0. The van der Waals surface area contributed by atoms with Crippen LogP contribution in [0.15, 0.2) is 18.2 Å². The molecular weight excluding hydrogens is 212 g/mol. The third-order valence-electron chi connectivity index (χ3n) is 3.06. The fourth-order valence-electron chi connectivity index (χ4n) is 1.74. The van der Waals surface area contributed by atoms with Gasteiger partial charge in [0.05, 0.1) is 16.9 Å². The number of hydrogen-bond donors (Lipinski definition) is 1. The second-order valence-corrected chi connectivity index (χ2v) is 4.09. The van der Waals surface area contributed by atoms with Crippen molar-refractivity contribution < 1.29 is 0 Å². The van der Waals surface area contributed by atoms with Crippen molar-refractivity contribution in [3.8, 4) is 11.8 Å². The Bertz CT molecular complexity index is 617. The van der Waals surface area contributed by atoms with Crippen molar-refractivity contribution >= 4 is 5.69 Å². The molecule has 2 aromatic rings. The summed E-state index contributed by atoms with van der Waals surface area (Å²) < 4.78 is 1.84. The van der Waals surface area contributed by atoms with Gasteiger partial charge in [0, 0.05) is 11.4 Å². The van der Waals surface area contributed by atoms with E-state index in [0.717, 1.165) is 17.1 Å². The van der Waals surface area contributed by atoms with Crippen molar-refractivity contribution in [1.29, 1.82) is 5.26 Å². The second kappa shape index (κ2) is 3.95. The molecule has 0 spiro atoms. The Morgan fingerprint density at radius 3 is 2.53 bits per heavy atom. The van der Waals surface area contributed by atoms with Gasteiger partial charge in [-0.25, -0.2) is 4.68 Å². The van der Waals surface area contributed by atoms with Gasteiger partial charge in [0.2, 0.25) is 0 Å². The molecule has 2 N–H and O–H groups in total. The van der Waals surface area contributed by atoms with Crippen molar-refractivity contribution in [3.63, 3.8) is 0 Å². The molecule has 1 heterocycles. The van der Waals surface area contributed by atoms with E-state index in [2.05, 4.69) is 11.2 Å². The summed E-state index contributed by atoms with van der Waals surface area (Å²) in [6, 6.07) is 7.44. The number of nitriles is 1. The normalized spacial score (nSPS) is 10.2. The molecule has 0 amide bonds. The largest absolute Gasteiger partial charge is 0.398 e. The van der Waals surface area contributed by atoms with Crippen LogP contribution >= 0.6 is 0 Å². The van der Waals surface area contributed by atoms with Crippen molar-refractivity contribution in [2.75, 3.05) is 5.73 Å². The summed E-state index contributed by atoms with van der Waals surface area (Å²) in [7, 11) is 0. The van der Waals surface area contributed by atoms with Crippen molar-refractivity contribution in [1.82, 2.24) is 9.78 Å². The maximum absolute atomic E-state index is 8.96. The standard InChI is InChI=1S/C13H14N4/c1-8-9(2)16-17(10(8)3)12-4-5-13(15)11(6-12)7-14/h4-6H,15H2,1-3H3. The predicted octanol–water partition coefficient (Wildman–Crippen LogP) is 2.25. The lowest BCUT2D eigenvalue weighted by Crippen LogP contribution is -2.01. The van der Waals surface area contributed by atoms with Gasteiger partial charge in [-0.05, 0) is 44.5 Å². The fraction of sp³-hybridized carbons (Fsp3) is 0.231. The highest BCUT2D eigenvalue weighted by atomic mass is 15.3. The Balaban J connectivity index is 2.62. The van der Waals surface area contributed by atoms with E-state index in [0.29, 0.717) is 11.3 Å². The molecule has 2 rings (SSSR count). The molecule has 0 unspecified atom stereocenters. The van der Waals surface area contributed by atoms with Crippen LogP contribution in [0.2, 0.25) is 0 Å². The van der Waals surface area contributed by atoms with Crippen LogP contribution in [0.3, 0.4) is 0 Å². The minimum Gasteiger partial charge on any atom is -0.398 e. The van der Waals surface area contributed by atoms with Crippen LogP contribution < -0.4 is 5.73 Å². The van der Waals surface area contributed by atoms with Crippen LogP contribution in [-0.4, -0.2) is 9.78 Å². The average molecular weight is 226 g/mol. The van der Waals surface area contributed by atoms with Crippen LogP contribution in [-0.2, 0) is 0 Å². The quantitative estimate of drug-likeness (QED) is 0.758. The third kappa shape index (κ3) is 1.76. The van der Waals surface area contributed by atoms with E-state index in [4.69, 9.17) is 11.0 Å². The Hall–Kier alpha value is -2.28. The molecule has 4 heteroatoms. The zero-order valence-corrected chi connectivity index (χ0v) is 10.2. The molecule has 86 valence electrons. The molecule has 0 atom stereocenters. The highest BCUT2D eigenvalue weighted by molar-refractivity contribution is 5.58. The number of anilines is 1. The molecule has 0 aliphatic heterocycles. The van der Waals surface area contributed by atoms with Gasteiger partial charge >= 0.3 is 0 Å². The molecule has 0 fully saturated rings. The first-order valence-corrected chi connectivity index (χ1v) is 5.37. The Morgan fingerprint density at radius 1 is 1.29 bits per heavy atom. The SMILES string of the molecule is Cc1nn(-c2ccc(N)c(C#N)c2)c(C)c1C. The summed E-state index contributed by atoms with van der Waals surface area (Å²) in [5.74, 6) is 0. The van der Waals surface area contributed by atoms with Gasteiger partial charge in [-0.15, -0.1) is 0 Å². The number of hydrogen-bond acceptors (Lipinski definition) is 3. The molecule has 0 radical (unpaired) electrons. The molecule has 4 nitrogen and oxygen atoms in total. The summed E-state index contributed by atoms with van der Waals surface area (Å²) in [6.45, 7) is 6.02. The molecule has 0 saturated heterocycles. The van der Waals surface area contributed by atoms with Gasteiger partial charge in [-0.2, -0.15) is 10.4 Å². The van der Waals surface area contributed by atoms with E-state index in [1.54, 1.807) is 12.1 Å². The van der Waals surface area contributed by atoms with Gasteiger partial charge in [0.15, 0.2) is 0 Å². The van der Waals surface area contributed by atoms with Crippen LogP contribution in [0, 0.1) is 32.1 Å². The summed E-state index contributed by atoms with van der Waals surface area (Å²) in [5.41, 5.74) is 10.8. The van der Waals surface area contributed by atoms with E-state index in [1.165, 1.54) is 5.56 Å². The lowest BCUT2D eigenvalue weighted by atomic mass is 10.1. The lowest BCUT2D eigenvalue weighted by Gasteiger charge is -2.06. The molecule has 17 heavy (non-hydrogen) atoms. The number of nitrogens with two attached hydrogens (primary N) is 1. The van der Waals surface area contributed by atoms with Gasteiger partial charge in [-0.1, -0.05) is 0 Å². The first kappa shape index (κ1) is 11.2. The van der Waals surface area contributed by atoms with E-state index in [9.17, 15) is 0 Å². The molecule has 0 bridgehead atoms. The van der Waals surface area contributed by atoms with Gasteiger partial charge in [0.1, 0.15) is 6.07 Å². The minimum atomic E-state index is 0.479. The van der Waals surface area contributed by atoms with Crippen LogP contribution in [0.25, 0.3) is 5.69 Å². The van der Waals surface area contributed by atoms with Crippen LogP contribution in [0.1, 0.15) is 22.5 Å². The summed E-state index contributed by atoms with van der Waals surface area (Å²) in [5, 5.41) is 13.4. The Labute approximate surface area is 100 Å². The topological polar surface area (TPSA) is 67.6 Å². The first-order chi connectivity index (χ1) is 8.04. The summed E-state index contributed by atoms with van der Waals surface area (Å²) in [6.07, 6.45) is 0. The van der Waals surface area contributed by atoms with Crippen LogP contribution in [0.4, 0.5) is 5.69 Å². The molecule has 1 aromatic carbocycles. The smallest absolute Gasteiger partial charge is 0.101 e. The average Bonchev–Trinajstić information content (AvgIpc) is 2.58. The number of aromatic nitrogens is 2. The van der Waals surface area contributed by atoms with E-state index < -0.39 is 0 Å². The zero-order valence-electron chi connectivity index (χ0n) is 10.2. The molecular formula is C13H14N4. The molecule has 0 aliphatic carbocycles. The van der Waals surface area contributed by atoms with Crippen molar-refractivity contribution in [3.05, 3.63) is 40.7 Å². The second-order valence-electron chi connectivity index (χ2n) is 4.09. The monoisotopic (exact) mass is 226 g/mol. The maximum Gasteiger partial charge on any atom is 0.101 e. The van der Waals surface area contributed by atoms with E-state index in [-0.39, 0.29) is 0 Å². The Kier molecular flexibility index (Phi) is 2.60. The lowest BCUT2D eigenvalue weighted by molar-refractivity contribution is 0.833. The maximum atomic E-state index is 8.96. The van der Waals surface area contributed by atoms with E-state index in [1.807, 2.05) is 31.5 Å². The zero-order chi connectivity index (χ0) is 12.6. The number of benzene rings is 1.